The van der Waals surface area contributed by atoms with Crippen molar-refractivity contribution < 1.29 is 9.53 Å². The van der Waals surface area contributed by atoms with Gasteiger partial charge >= 0.3 is 6.03 Å². The molecule has 0 saturated carbocycles. The van der Waals surface area contributed by atoms with Crippen LogP contribution in [0, 0.1) is 0 Å². The molecule has 2 N–H and O–H groups in total. The Labute approximate surface area is 150 Å². The molecule has 1 fully saturated rings. The highest BCUT2D eigenvalue weighted by Crippen LogP contribution is 2.24. The van der Waals surface area contributed by atoms with Gasteiger partial charge in [0, 0.05) is 37.6 Å². The van der Waals surface area contributed by atoms with E-state index in [0.717, 1.165) is 35.9 Å². The fraction of sp³-hybridized carbons (Fsp3) is 0.294. The van der Waals surface area contributed by atoms with Crippen LogP contribution in [0.3, 0.4) is 0 Å². The Morgan fingerprint density at radius 3 is 3.12 bits per heavy atom. The van der Waals surface area contributed by atoms with Gasteiger partial charge in [-0.15, -0.1) is 0 Å². The molecule has 1 aliphatic heterocycles. The first-order valence-electron chi connectivity index (χ1n) is 8.35. The van der Waals surface area contributed by atoms with Gasteiger partial charge in [-0.05, 0) is 24.6 Å². The standard InChI is InChI=1S/C17H19N7O2/c1-26-10-13-9-15(24-16(22-13)19-11-20-24)21-12-4-2-5-14(8-12)23-7-3-6-18-17(23)25/h2,4-5,8-9,11,21H,3,6-7,10H2,1H3,(H,18,25). The highest BCUT2D eigenvalue weighted by Gasteiger charge is 2.19. The van der Waals surface area contributed by atoms with E-state index in [1.165, 1.54) is 6.33 Å². The van der Waals surface area contributed by atoms with Crippen molar-refractivity contribution in [3.8, 4) is 0 Å². The molecule has 134 valence electrons. The number of amides is 2. The molecule has 1 aromatic carbocycles. The van der Waals surface area contributed by atoms with Crippen LogP contribution in [0.2, 0.25) is 0 Å². The fourth-order valence-corrected chi connectivity index (χ4v) is 2.95. The Kier molecular flexibility index (Phi) is 4.36. The molecule has 0 aliphatic carbocycles. The number of hydrogen-bond acceptors (Lipinski definition) is 6. The molecule has 2 amide bonds. The molecule has 0 unspecified atom stereocenters. The number of methoxy groups -OCH3 is 1. The first kappa shape index (κ1) is 16.3. The second kappa shape index (κ2) is 6.96. The maximum Gasteiger partial charge on any atom is 0.321 e. The summed E-state index contributed by atoms with van der Waals surface area (Å²) >= 11 is 0. The molecule has 3 heterocycles. The highest BCUT2D eigenvalue weighted by atomic mass is 16.5. The van der Waals surface area contributed by atoms with Crippen molar-refractivity contribution in [2.75, 3.05) is 30.4 Å². The van der Waals surface area contributed by atoms with Crippen LogP contribution in [0.25, 0.3) is 5.78 Å². The Morgan fingerprint density at radius 2 is 2.27 bits per heavy atom. The lowest BCUT2D eigenvalue weighted by Gasteiger charge is -2.27. The zero-order valence-corrected chi connectivity index (χ0v) is 14.3. The Hall–Kier alpha value is -3.20. The van der Waals surface area contributed by atoms with Gasteiger partial charge in [0.25, 0.3) is 5.78 Å². The first-order chi connectivity index (χ1) is 12.7. The summed E-state index contributed by atoms with van der Waals surface area (Å²) in [4.78, 5) is 22.3. The van der Waals surface area contributed by atoms with Gasteiger partial charge in [0.05, 0.1) is 12.3 Å². The third kappa shape index (κ3) is 3.16. The first-order valence-corrected chi connectivity index (χ1v) is 8.35. The molecule has 26 heavy (non-hydrogen) atoms. The number of urea groups is 1. The number of nitrogens with zero attached hydrogens (tertiary/aromatic N) is 5. The van der Waals surface area contributed by atoms with E-state index in [0.29, 0.717) is 18.9 Å². The van der Waals surface area contributed by atoms with Gasteiger partial charge in [-0.1, -0.05) is 6.07 Å². The summed E-state index contributed by atoms with van der Waals surface area (Å²) < 4.78 is 6.79. The summed E-state index contributed by atoms with van der Waals surface area (Å²) in [6.07, 6.45) is 2.38. The minimum absolute atomic E-state index is 0.0710. The summed E-state index contributed by atoms with van der Waals surface area (Å²) in [5, 5.41) is 10.4. The molecule has 4 rings (SSSR count). The fourth-order valence-electron chi connectivity index (χ4n) is 2.95. The Morgan fingerprint density at radius 1 is 1.35 bits per heavy atom. The van der Waals surface area contributed by atoms with Gasteiger partial charge in [-0.2, -0.15) is 14.6 Å². The normalized spacial score (nSPS) is 14.5. The van der Waals surface area contributed by atoms with Crippen LogP contribution in [0.4, 0.5) is 22.0 Å². The number of anilines is 3. The van der Waals surface area contributed by atoms with Crippen LogP contribution in [-0.4, -0.2) is 45.8 Å². The van der Waals surface area contributed by atoms with E-state index in [-0.39, 0.29) is 6.03 Å². The number of hydrogen-bond donors (Lipinski definition) is 2. The van der Waals surface area contributed by atoms with Gasteiger partial charge in [-0.3, -0.25) is 4.90 Å². The predicted octanol–water partition coefficient (Wildman–Crippen LogP) is 1.93. The van der Waals surface area contributed by atoms with Crippen LogP contribution < -0.4 is 15.5 Å². The van der Waals surface area contributed by atoms with Crippen molar-refractivity contribution in [2.45, 2.75) is 13.0 Å². The summed E-state index contributed by atoms with van der Waals surface area (Å²) in [7, 11) is 1.62. The second-order valence-corrected chi connectivity index (χ2v) is 5.95. The number of fused-ring (bicyclic) bond motifs is 1. The van der Waals surface area contributed by atoms with Crippen LogP contribution in [-0.2, 0) is 11.3 Å². The monoisotopic (exact) mass is 353 g/mol. The van der Waals surface area contributed by atoms with E-state index in [1.807, 2.05) is 30.3 Å². The number of carbonyl (C=O) groups excluding carboxylic acids is 1. The smallest absolute Gasteiger partial charge is 0.321 e. The largest absolute Gasteiger partial charge is 0.378 e. The number of rotatable bonds is 5. The molecule has 1 saturated heterocycles. The van der Waals surface area contributed by atoms with Crippen molar-refractivity contribution in [3.63, 3.8) is 0 Å². The minimum atomic E-state index is -0.0710. The van der Waals surface area contributed by atoms with E-state index in [1.54, 1.807) is 16.5 Å². The molecular weight excluding hydrogens is 334 g/mol. The lowest BCUT2D eigenvalue weighted by atomic mass is 10.2. The van der Waals surface area contributed by atoms with Crippen molar-refractivity contribution >= 4 is 29.0 Å². The van der Waals surface area contributed by atoms with E-state index >= 15 is 0 Å². The van der Waals surface area contributed by atoms with Crippen LogP contribution >= 0.6 is 0 Å². The quantitative estimate of drug-likeness (QED) is 0.728. The highest BCUT2D eigenvalue weighted by molar-refractivity contribution is 5.93. The van der Waals surface area contributed by atoms with E-state index in [4.69, 9.17) is 4.74 Å². The van der Waals surface area contributed by atoms with E-state index < -0.39 is 0 Å². The molecule has 0 radical (unpaired) electrons. The van der Waals surface area contributed by atoms with E-state index in [2.05, 4.69) is 25.7 Å². The lowest BCUT2D eigenvalue weighted by molar-refractivity contribution is 0.181. The van der Waals surface area contributed by atoms with Crippen LogP contribution in [0.15, 0.2) is 36.7 Å². The summed E-state index contributed by atoms with van der Waals surface area (Å²) in [5.74, 6) is 1.22. The molecule has 0 spiro atoms. The summed E-state index contributed by atoms with van der Waals surface area (Å²) in [6, 6.07) is 9.50. The minimum Gasteiger partial charge on any atom is -0.378 e. The van der Waals surface area contributed by atoms with Crippen LogP contribution in [0.1, 0.15) is 12.1 Å². The maximum atomic E-state index is 12.1. The number of benzene rings is 1. The number of ether oxygens (including phenoxy) is 1. The van der Waals surface area contributed by atoms with Crippen molar-refractivity contribution in [2.24, 2.45) is 0 Å². The predicted molar refractivity (Wildman–Crippen MR) is 96.6 cm³/mol. The number of nitrogens with one attached hydrogen (secondary N) is 2. The molecule has 9 nitrogen and oxygen atoms in total. The molecule has 0 atom stereocenters. The third-order valence-corrected chi connectivity index (χ3v) is 4.11. The zero-order valence-electron chi connectivity index (χ0n) is 14.3. The van der Waals surface area contributed by atoms with Gasteiger partial charge in [0.1, 0.15) is 12.1 Å². The molecule has 1 aliphatic rings. The van der Waals surface area contributed by atoms with Crippen molar-refractivity contribution in [3.05, 3.63) is 42.4 Å². The van der Waals surface area contributed by atoms with Crippen molar-refractivity contribution in [1.82, 2.24) is 24.9 Å². The average molecular weight is 353 g/mol. The molecule has 2 aromatic heterocycles. The topological polar surface area (TPSA) is 96.7 Å². The zero-order chi connectivity index (χ0) is 17.9. The van der Waals surface area contributed by atoms with Gasteiger partial charge in [0.15, 0.2) is 0 Å². The second-order valence-electron chi connectivity index (χ2n) is 5.95. The van der Waals surface area contributed by atoms with Gasteiger partial charge in [-0.25, -0.2) is 9.78 Å². The number of aromatic nitrogens is 4. The molecule has 0 bridgehead atoms. The summed E-state index contributed by atoms with van der Waals surface area (Å²) in [5.41, 5.74) is 2.43. The number of carbonyl (C=O) groups is 1. The van der Waals surface area contributed by atoms with Gasteiger partial charge in [0.2, 0.25) is 0 Å². The molecule has 3 aromatic rings. The average Bonchev–Trinajstić information content (AvgIpc) is 3.11. The third-order valence-electron chi connectivity index (χ3n) is 4.11. The Bertz CT molecular complexity index is 940. The Balaban J connectivity index is 1.65. The summed E-state index contributed by atoms with van der Waals surface area (Å²) in [6.45, 7) is 1.80. The molecular formula is C17H19N7O2. The lowest BCUT2D eigenvalue weighted by Crippen LogP contribution is -2.46. The van der Waals surface area contributed by atoms with Crippen molar-refractivity contribution in [1.29, 1.82) is 0 Å². The van der Waals surface area contributed by atoms with Crippen LogP contribution in [0.5, 0.6) is 0 Å². The molecule has 9 heteroatoms. The maximum absolute atomic E-state index is 12.1. The van der Waals surface area contributed by atoms with E-state index in [9.17, 15) is 4.79 Å². The SMILES string of the molecule is COCc1cc(Nc2cccc(N3CCCNC3=O)c2)n2ncnc2n1. The van der Waals surface area contributed by atoms with Gasteiger partial charge < -0.3 is 15.4 Å².